The number of carbonyl (C=O) groups excluding carboxylic acids is 2. The fourth-order valence-electron chi connectivity index (χ4n) is 3.31. The maximum absolute atomic E-state index is 12.0. The maximum Gasteiger partial charge on any atom is 0.410 e. The molecule has 3 N–H and O–H groups in total. The Morgan fingerprint density at radius 2 is 2.17 bits per heavy atom. The van der Waals surface area contributed by atoms with Crippen molar-refractivity contribution in [2.24, 2.45) is 0 Å². The smallest absolute Gasteiger partial charge is 0.410 e. The molecule has 2 fully saturated rings. The number of aliphatic hydroxyl groups excluding tert-OH is 1. The van der Waals surface area contributed by atoms with Crippen LogP contribution < -0.4 is 5.32 Å². The number of hydrogen-bond donors (Lipinski definition) is 3. The first-order valence-electron chi connectivity index (χ1n) is 7.44. The van der Waals surface area contributed by atoms with Crippen molar-refractivity contribution in [2.75, 3.05) is 19.7 Å². The van der Waals surface area contributed by atoms with Crippen LogP contribution in [-0.4, -0.2) is 59.0 Å². The van der Waals surface area contributed by atoms with Crippen molar-refractivity contribution in [1.29, 1.82) is 0 Å². The molecule has 24 heavy (non-hydrogen) atoms. The summed E-state index contributed by atoms with van der Waals surface area (Å²) in [6, 6.07) is 2.75. The second kappa shape index (κ2) is 6.66. The number of phenols is 1. The lowest BCUT2D eigenvalue weighted by molar-refractivity contribution is -0.124. The molecule has 3 rings (SSSR count). The van der Waals surface area contributed by atoms with E-state index in [-0.39, 0.29) is 29.3 Å². The third-order valence-electron chi connectivity index (χ3n) is 4.42. The summed E-state index contributed by atoms with van der Waals surface area (Å²) in [5.74, 6) is -0.672. The van der Waals surface area contributed by atoms with Gasteiger partial charge in [0.05, 0.1) is 22.6 Å². The van der Waals surface area contributed by atoms with E-state index in [0.717, 1.165) is 0 Å². The Kier molecular flexibility index (Phi) is 4.76. The van der Waals surface area contributed by atoms with Crippen molar-refractivity contribution >= 4 is 35.2 Å². The summed E-state index contributed by atoms with van der Waals surface area (Å²) in [7, 11) is 0. The van der Waals surface area contributed by atoms with Gasteiger partial charge in [-0.2, -0.15) is 0 Å². The summed E-state index contributed by atoms with van der Waals surface area (Å²) < 4.78 is 5.26. The van der Waals surface area contributed by atoms with Crippen molar-refractivity contribution in [3.63, 3.8) is 0 Å². The van der Waals surface area contributed by atoms with Crippen LogP contribution in [0.4, 0.5) is 4.79 Å². The predicted molar refractivity (Wildman–Crippen MR) is 86.3 cm³/mol. The van der Waals surface area contributed by atoms with Gasteiger partial charge in [-0.15, -0.1) is 0 Å². The van der Waals surface area contributed by atoms with E-state index in [9.17, 15) is 14.7 Å². The van der Waals surface area contributed by atoms with Crippen molar-refractivity contribution < 1.29 is 24.5 Å². The molecular weight excluding hydrogens is 359 g/mol. The van der Waals surface area contributed by atoms with Crippen LogP contribution in [0.15, 0.2) is 12.1 Å². The molecule has 0 aliphatic carbocycles. The van der Waals surface area contributed by atoms with Crippen LogP contribution in [0, 0.1) is 0 Å². The number of halogens is 2. The lowest BCUT2D eigenvalue weighted by Gasteiger charge is -2.18. The highest BCUT2D eigenvalue weighted by molar-refractivity contribution is 6.42. The normalized spacial score (nSPS) is 25.5. The Morgan fingerprint density at radius 3 is 2.88 bits per heavy atom. The molecule has 2 heterocycles. The van der Waals surface area contributed by atoms with Crippen LogP contribution in [-0.2, 0) is 9.53 Å². The predicted octanol–water partition coefficient (Wildman–Crippen LogP) is 1.48. The topological polar surface area (TPSA) is 99.1 Å². The van der Waals surface area contributed by atoms with E-state index in [2.05, 4.69) is 5.32 Å². The van der Waals surface area contributed by atoms with Gasteiger partial charge in [-0.25, -0.2) is 4.79 Å². The van der Waals surface area contributed by atoms with Gasteiger partial charge in [-0.1, -0.05) is 23.2 Å². The zero-order valence-electron chi connectivity index (χ0n) is 12.5. The average Bonchev–Trinajstić information content (AvgIpc) is 3.10. The van der Waals surface area contributed by atoms with Crippen molar-refractivity contribution in [3.05, 3.63) is 27.7 Å². The first-order chi connectivity index (χ1) is 11.4. The number of cyclic esters (lactones) is 1. The molecule has 0 unspecified atom stereocenters. The van der Waals surface area contributed by atoms with Gasteiger partial charge in [0.15, 0.2) is 0 Å². The molecule has 1 aromatic rings. The van der Waals surface area contributed by atoms with E-state index in [1.807, 2.05) is 0 Å². The average molecular weight is 375 g/mol. The summed E-state index contributed by atoms with van der Waals surface area (Å²) in [6.07, 6.45) is -0.458. The zero-order chi connectivity index (χ0) is 17.4. The zero-order valence-corrected chi connectivity index (χ0v) is 14.0. The van der Waals surface area contributed by atoms with Crippen LogP contribution in [0.25, 0.3) is 0 Å². The van der Waals surface area contributed by atoms with Gasteiger partial charge < -0.3 is 25.2 Å². The Hall–Kier alpha value is -1.70. The van der Waals surface area contributed by atoms with Crippen molar-refractivity contribution in [1.82, 2.24) is 10.2 Å². The molecule has 0 bridgehead atoms. The molecule has 3 atom stereocenters. The molecule has 0 spiro atoms. The van der Waals surface area contributed by atoms with E-state index in [1.54, 1.807) is 4.90 Å². The molecular formula is C15H16Cl2N2O5. The van der Waals surface area contributed by atoms with Gasteiger partial charge in [0, 0.05) is 18.0 Å². The SMILES string of the molecule is O=C(CO)NC[C@H]1OC(=O)N2C[C@@H](c3c(O)ccc(Cl)c3Cl)C[C@@H]12. The third kappa shape index (κ3) is 2.99. The number of aliphatic hydroxyl groups is 1. The molecule has 9 heteroatoms. The maximum atomic E-state index is 12.0. The summed E-state index contributed by atoms with van der Waals surface area (Å²) in [5, 5.41) is 22.0. The second-order valence-corrected chi connectivity index (χ2v) is 6.62. The van der Waals surface area contributed by atoms with Crippen molar-refractivity contribution in [2.45, 2.75) is 24.5 Å². The number of nitrogens with zero attached hydrogens (tertiary/aromatic N) is 1. The number of hydrogen-bond acceptors (Lipinski definition) is 5. The lowest BCUT2D eigenvalue weighted by Crippen LogP contribution is -2.40. The number of phenolic OH excluding ortho intramolecular Hbond substituents is 1. The Bertz CT molecular complexity index is 684. The number of fused-ring (bicyclic) bond motifs is 1. The number of benzene rings is 1. The molecule has 0 saturated carbocycles. The Morgan fingerprint density at radius 1 is 1.42 bits per heavy atom. The van der Waals surface area contributed by atoms with Gasteiger partial charge in [0.25, 0.3) is 0 Å². The molecule has 2 saturated heterocycles. The van der Waals surface area contributed by atoms with Crippen LogP contribution >= 0.6 is 23.2 Å². The Labute approximate surface area is 148 Å². The van der Waals surface area contributed by atoms with Gasteiger partial charge in [-0.05, 0) is 18.6 Å². The first-order valence-corrected chi connectivity index (χ1v) is 8.19. The second-order valence-electron chi connectivity index (χ2n) is 5.83. The van der Waals surface area contributed by atoms with E-state index in [0.29, 0.717) is 23.6 Å². The lowest BCUT2D eigenvalue weighted by atomic mass is 9.93. The van der Waals surface area contributed by atoms with E-state index in [4.69, 9.17) is 33.0 Å². The number of ether oxygens (including phenoxy) is 1. The van der Waals surface area contributed by atoms with Crippen molar-refractivity contribution in [3.8, 4) is 5.75 Å². The monoisotopic (exact) mass is 374 g/mol. The van der Waals surface area contributed by atoms with E-state index in [1.165, 1.54) is 12.1 Å². The van der Waals surface area contributed by atoms with Gasteiger partial charge in [0.1, 0.15) is 18.5 Å². The molecule has 2 amide bonds. The number of rotatable bonds is 4. The van der Waals surface area contributed by atoms with Gasteiger partial charge in [-0.3, -0.25) is 4.79 Å². The minimum Gasteiger partial charge on any atom is -0.508 e. The molecule has 7 nitrogen and oxygen atoms in total. The summed E-state index contributed by atoms with van der Waals surface area (Å²) in [6.45, 7) is -0.153. The molecule has 1 aromatic carbocycles. The summed E-state index contributed by atoms with van der Waals surface area (Å²) >= 11 is 12.2. The minimum absolute atomic E-state index is 0.0362. The Balaban J connectivity index is 1.77. The van der Waals surface area contributed by atoms with Gasteiger partial charge in [0.2, 0.25) is 5.91 Å². The van der Waals surface area contributed by atoms with Crippen LogP contribution in [0.5, 0.6) is 5.75 Å². The minimum atomic E-state index is -0.621. The third-order valence-corrected chi connectivity index (χ3v) is 5.24. The highest BCUT2D eigenvalue weighted by Gasteiger charge is 2.49. The van der Waals surface area contributed by atoms with Gasteiger partial charge >= 0.3 is 6.09 Å². The highest BCUT2D eigenvalue weighted by Crippen LogP contribution is 2.45. The number of carbonyl (C=O) groups is 2. The molecule has 0 aromatic heterocycles. The van der Waals surface area contributed by atoms with E-state index >= 15 is 0 Å². The van der Waals surface area contributed by atoms with Crippen LogP contribution in [0.2, 0.25) is 10.0 Å². The molecule has 0 radical (unpaired) electrons. The quantitative estimate of drug-likeness (QED) is 0.741. The largest absolute Gasteiger partial charge is 0.508 e. The number of amides is 2. The summed E-state index contributed by atoms with van der Waals surface area (Å²) in [4.78, 5) is 24.8. The fourth-order valence-corrected chi connectivity index (χ4v) is 3.78. The number of nitrogens with one attached hydrogen (secondary N) is 1. The fraction of sp³-hybridized carbons (Fsp3) is 0.467. The first kappa shape index (κ1) is 17.1. The highest BCUT2D eigenvalue weighted by atomic mass is 35.5. The standard InChI is InChI=1S/C15H16Cl2N2O5/c16-8-1-2-10(21)13(14(8)17)7-3-9-11(4-18-12(22)6-20)24-15(23)19(9)5-7/h1-2,7,9,11,20-21H,3-6H2,(H,18,22)/t7-,9-,11+/m0/s1. The molecule has 2 aliphatic heterocycles. The molecule has 130 valence electrons. The summed E-state index contributed by atoms with van der Waals surface area (Å²) in [5.41, 5.74) is 0.518. The van der Waals surface area contributed by atoms with E-state index < -0.39 is 24.7 Å². The molecule has 2 aliphatic rings. The number of aromatic hydroxyl groups is 1. The van der Waals surface area contributed by atoms with Crippen LogP contribution in [0.1, 0.15) is 17.9 Å². The van der Waals surface area contributed by atoms with Crippen LogP contribution in [0.3, 0.4) is 0 Å².